The average Bonchev–Trinajstić information content (AvgIpc) is 3.05. The summed E-state index contributed by atoms with van der Waals surface area (Å²) < 4.78 is 0. The van der Waals surface area contributed by atoms with E-state index in [0.29, 0.717) is 25.7 Å². The maximum atomic E-state index is 10.5. The van der Waals surface area contributed by atoms with Crippen LogP contribution in [0.2, 0.25) is 0 Å². The first-order valence-electron chi connectivity index (χ1n) is 19.7. The molecule has 0 aromatic heterocycles. The zero-order chi connectivity index (χ0) is 37.6. The van der Waals surface area contributed by atoms with E-state index in [1.165, 1.54) is 51.4 Å². The summed E-state index contributed by atoms with van der Waals surface area (Å²) in [5.41, 5.74) is 0. The quantitative estimate of drug-likeness (QED) is 0.0632. The van der Waals surface area contributed by atoms with Crippen molar-refractivity contribution in [2.45, 2.75) is 209 Å². The van der Waals surface area contributed by atoms with Crippen molar-refractivity contribution < 1.29 is 39.6 Å². The van der Waals surface area contributed by atoms with Gasteiger partial charge in [0.2, 0.25) is 0 Å². The Morgan fingerprint density at radius 1 is 0.327 bits per heavy atom. The van der Waals surface area contributed by atoms with Crippen molar-refractivity contribution in [3.63, 3.8) is 0 Å². The van der Waals surface area contributed by atoms with E-state index in [-0.39, 0.29) is 51.0 Å². The molecule has 0 aliphatic carbocycles. The third kappa shape index (κ3) is 42.9. The molecule has 4 atom stereocenters. The molecule has 0 aliphatic rings. The predicted molar refractivity (Wildman–Crippen MR) is 196 cm³/mol. The molecular formula is C40H76O8Pb-4. The summed E-state index contributed by atoms with van der Waals surface area (Å²) >= 11 is 0. The minimum absolute atomic E-state index is 0. The molecule has 0 saturated heterocycles. The van der Waals surface area contributed by atoms with E-state index in [0.717, 1.165) is 77.0 Å². The Morgan fingerprint density at radius 2 is 0.490 bits per heavy atom. The second-order valence-corrected chi connectivity index (χ2v) is 13.1. The number of carboxylic acid groups (broad SMARTS) is 4. The maximum absolute atomic E-state index is 10.5. The van der Waals surface area contributed by atoms with Gasteiger partial charge in [0.15, 0.2) is 0 Å². The van der Waals surface area contributed by atoms with Crippen molar-refractivity contribution in [3.8, 4) is 0 Å². The first-order chi connectivity index (χ1) is 22.9. The van der Waals surface area contributed by atoms with Crippen molar-refractivity contribution in [3.05, 3.63) is 0 Å². The predicted octanol–water partition coefficient (Wildman–Crippen LogP) is 6.55. The summed E-state index contributed by atoms with van der Waals surface area (Å²) in [6, 6.07) is 0. The second kappa shape index (κ2) is 44.8. The Labute approximate surface area is 322 Å². The van der Waals surface area contributed by atoms with Crippen LogP contribution in [0.4, 0.5) is 0 Å². The molecule has 0 aliphatic heterocycles. The van der Waals surface area contributed by atoms with Gasteiger partial charge in [0.25, 0.3) is 0 Å². The number of carbonyl (C=O) groups excluding carboxylic acids is 4. The third-order valence-corrected chi connectivity index (χ3v) is 8.93. The molecular weight excluding hydrogens is 816 g/mol. The number of hydrogen-bond donors (Lipinski definition) is 0. The van der Waals surface area contributed by atoms with Gasteiger partial charge < -0.3 is 39.6 Å². The standard InChI is InChI=1S/4C10H20O2.Pb/c4*1-3-5-6-7-8-9(4-2)10(11)12;/h4*9H,3-8H2,1-2H3,(H,11,12);/p-4. The van der Waals surface area contributed by atoms with Gasteiger partial charge in [-0.1, -0.05) is 158 Å². The normalized spacial score (nSPS) is 12.6. The van der Waals surface area contributed by atoms with Crippen molar-refractivity contribution >= 4 is 51.2 Å². The number of carboxylic acids is 4. The van der Waals surface area contributed by atoms with E-state index in [1.54, 1.807) is 0 Å². The van der Waals surface area contributed by atoms with E-state index in [4.69, 9.17) is 0 Å². The largest absolute Gasteiger partial charge is 0.550 e. The van der Waals surface area contributed by atoms with Crippen LogP contribution in [0.3, 0.4) is 0 Å². The maximum Gasteiger partial charge on any atom is 0.0445 e. The van der Waals surface area contributed by atoms with Crippen molar-refractivity contribution in [1.29, 1.82) is 0 Å². The summed E-state index contributed by atoms with van der Waals surface area (Å²) in [7, 11) is 0. The molecule has 0 aromatic rings. The summed E-state index contributed by atoms with van der Waals surface area (Å²) in [4.78, 5) is 41.9. The molecule has 0 fully saturated rings. The fraction of sp³-hybridized carbons (Fsp3) is 0.900. The van der Waals surface area contributed by atoms with Crippen molar-refractivity contribution in [2.75, 3.05) is 0 Å². The number of rotatable bonds is 28. The Hall–Kier alpha value is -1.20. The van der Waals surface area contributed by atoms with Gasteiger partial charge in [-0.3, -0.25) is 0 Å². The first-order valence-corrected chi connectivity index (χ1v) is 19.7. The fourth-order valence-electron chi connectivity index (χ4n) is 5.22. The number of carbonyl (C=O) groups is 4. The summed E-state index contributed by atoms with van der Waals surface area (Å²) in [5, 5.41) is 41.9. The van der Waals surface area contributed by atoms with E-state index in [9.17, 15) is 39.6 Å². The smallest absolute Gasteiger partial charge is 0.0445 e. The Morgan fingerprint density at radius 3 is 0.592 bits per heavy atom. The summed E-state index contributed by atoms with van der Waals surface area (Å²) in [6.07, 6.45) is 24.3. The Kier molecular flexibility index (Phi) is 52.3. The van der Waals surface area contributed by atoms with Crippen LogP contribution in [-0.2, 0) is 19.2 Å². The van der Waals surface area contributed by atoms with Crippen LogP contribution >= 0.6 is 0 Å². The molecule has 292 valence electrons. The fourth-order valence-corrected chi connectivity index (χ4v) is 5.22. The van der Waals surface area contributed by atoms with Crippen molar-refractivity contribution in [2.24, 2.45) is 23.7 Å². The van der Waals surface area contributed by atoms with Crippen molar-refractivity contribution in [1.82, 2.24) is 0 Å². The Bertz CT molecular complexity index is 611. The van der Waals surface area contributed by atoms with Crippen LogP contribution in [0.15, 0.2) is 0 Å². The molecule has 0 saturated carbocycles. The molecule has 0 spiro atoms. The zero-order valence-corrected chi connectivity index (χ0v) is 36.9. The minimum Gasteiger partial charge on any atom is -0.550 e. The average molecular weight is 892 g/mol. The molecule has 8 nitrogen and oxygen atoms in total. The molecule has 0 heterocycles. The molecule has 0 bridgehead atoms. The van der Waals surface area contributed by atoms with Gasteiger partial charge in [0, 0.05) is 51.2 Å². The van der Waals surface area contributed by atoms with Gasteiger partial charge in [0.05, 0.1) is 0 Å². The molecule has 0 aromatic carbocycles. The van der Waals surface area contributed by atoms with Crippen LogP contribution in [0.25, 0.3) is 0 Å². The molecule has 49 heavy (non-hydrogen) atoms. The second-order valence-electron chi connectivity index (χ2n) is 13.1. The monoisotopic (exact) mass is 893 g/mol. The third-order valence-electron chi connectivity index (χ3n) is 8.93. The van der Waals surface area contributed by atoms with Crippen LogP contribution < -0.4 is 20.4 Å². The van der Waals surface area contributed by atoms with E-state index >= 15 is 0 Å². The topological polar surface area (TPSA) is 161 Å². The van der Waals surface area contributed by atoms with E-state index in [1.807, 2.05) is 27.7 Å². The summed E-state index contributed by atoms with van der Waals surface area (Å²) in [6.45, 7) is 16.2. The number of aliphatic carboxylic acids is 4. The van der Waals surface area contributed by atoms with Gasteiger partial charge in [-0.25, -0.2) is 0 Å². The molecule has 9 heteroatoms. The molecule has 0 N–H and O–H groups in total. The van der Waals surface area contributed by atoms with Gasteiger partial charge in [0.1, 0.15) is 0 Å². The van der Waals surface area contributed by atoms with Crippen LogP contribution in [-0.4, -0.2) is 51.2 Å². The Balaban J connectivity index is -0.000000174. The number of hydrogen-bond acceptors (Lipinski definition) is 8. The van der Waals surface area contributed by atoms with Gasteiger partial charge in [-0.15, -0.1) is 0 Å². The summed E-state index contributed by atoms with van der Waals surface area (Å²) in [5.74, 6) is -4.40. The SMILES string of the molecule is CCCCCCC(CC)C(=O)[O-].CCCCCCC(CC)C(=O)[O-].CCCCCCC(CC)C(=O)[O-].CCCCCCC(CC)C(=O)[O-].[Pb]. The van der Waals surface area contributed by atoms with E-state index < -0.39 is 23.9 Å². The van der Waals surface area contributed by atoms with Gasteiger partial charge in [-0.2, -0.15) is 0 Å². The van der Waals surface area contributed by atoms with Crippen LogP contribution in [0, 0.1) is 23.7 Å². The zero-order valence-electron chi connectivity index (χ0n) is 33.0. The molecule has 4 unspecified atom stereocenters. The van der Waals surface area contributed by atoms with Crippen LogP contribution in [0.1, 0.15) is 209 Å². The first kappa shape index (κ1) is 57.2. The number of unbranched alkanes of at least 4 members (excludes halogenated alkanes) is 12. The van der Waals surface area contributed by atoms with Gasteiger partial charge >= 0.3 is 0 Å². The van der Waals surface area contributed by atoms with Gasteiger partial charge in [-0.05, 0) is 75.0 Å². The van der Waals surface area contributed by atoms with Crippen LogP contribution in [0.5, 0.6) is 0 Å². The molecule has 4 radical (unpaired) electrons. The van der Waals surface area contributed by atoms with E-state index in [2.05, 4.69) is 27.7 Å². The molecule has 0 rings (SSSR count). The molecule has 0 amide bonds. The minimum atomic E-state index is -0.881.